The molecule has 0 radical (unpaired) electrons. The number of amides is 2. The summed E-state index contributed by atoms with van der Waals surface area (Å²) >= 11 is 0. The lowest BCUT2D eigenvalue weighted by Gasteiger charge is -1.90. The minimum Gasteiger partial charge on any atom is -0.362 e. The molecule has 0 heterocycles. The fourth-order valence-corrected chi connectivity index (χ4v) is 0.338. The van der Waals surface area contributed by atoms with Crippen LogP contribution in [0.4, 0.5) is 0 Å². The monoisotopic (exact) mass is 223 g/mol. The summed E-state index contributed by atoms with van der Waals surface area (Å²) in [5.74, 6) is 0. The summed E-state index contributed by atoms with van der Waals surface area (Å²) < 4.78 is 0. The molecule has 94 valence electrons. The highest BCUT2D eigenvalue weighted by Gasteiger charge is 1.76. The van der Waals surface area contributed by atoms with Crippen LogP contribution >= 0.6 is 0 Å². The Morgan fingerprint density at radius 3 is 1.87 bits per heavy atom. The molecule has 0 aromatic carbocycles. The molecule has 15 heavy (non-hydrogen) atoms. The van der Waals surface area contributed by atoms with E-state index in [0.29, 0.717) is 6.41 Å². The van der Waals surface area contributed by atoms with Crippen molar-refractivity contribution in [2.45, 2.75) is 26.1 Å². The number of rotatable bonds is 5. The third-order valence-corrected chi connectivity index (χ3v) is 0.876. The number of nitrogens with one attached hydrogen (secondary N) is 2. The second-order valence-corrected chi connectivity index (χ2v) is 2.41. The Morgan fingerprint density at radius 2 is 1.67 bits per heavy atom. The van der Waals surface area contributed by atoms with Gasteiger partial charge in [-0.25, -0.2) is 0 Å². The first kappa shape index (κ1) is 19.4. The lowest BCUT2D eigenvalue weighted by Crippen LogP contribution is -2.39. The number of carbonyl (C=O) groups excluding carboxylic acids is 2. The normalized spacial score (nSPS) is 7.60. The van der Waals surface area contributed by atoms with E-state index in [-0.39, 0.29) is 1.43 Å². The minimum atomic E-state index is -0.667. The van der Waals surface area contributed by atoms with Gasteiger partial charge in [0.1, 0.15) is 6.29 Å². The zero-order valence-corrected chi connectivity index (χ0v) is 9.40. The number of nitrogens with two attached hydrogens (primary N) is 3. The first-order valence-corrected chi connectivity index (χ1v) is 4.61. The van der Waals surface area contributed by atoms with Gasteiger partial charge in [0.05, 0.1) is 0 Å². The van der Waals surface area contributed by atoms with Gasteiger partial charge in [0, 0.05) is 15.0 Å². The highest BCUT2D eigenvalue weighted by Crippen LogP contribution is 1.79. The van der Waals surface area contributed by atoms with E-state index in [1.54, 1.807) is 7.05 Å². The molecular formula is C8H25N5O2. The molecule has 8 N–H and O–H groups in total. The van der Waals surface area contributed by atoms with Gasteiger partial charge in [0.15, 0.2) is 0 Å². The van der Waals surface area contributed by atoms with E-state index in [4.69, 9.17) is 4.79 Å². The molecule has 0 aromatic rings. The quantitative estimate of drug-likeness (QED) is 0.215. The number of carbonyl (C=O) groups is 2. The average Bonchev–Trinajstić information content (AvgIpc) is 2.18. The predicted octanol–water partition coefficient (Wildman–Crippen LogP) is -1.71. The topological polar surface area (TPSA) is 136 Å². The van der Waals surface area contributed by atoms with Gasteiger partial charge >= 0.3 is 0 Å². The molecular weight excluding hydrogens is 198 g/mol. The van der Waals surface area contributed by atoms with Crippen LogP contribution in [0.3, 0.4) is 0 Å². The molecule has 0 fully saturated rings. The zero-order valence-electron chi connectivity index (χ0n) is 9.40. The maximum absolute atomic E-state index is 9.57. The van der Waals surface area contributed by atoms with Gasteiger partial charge in [0.2, 0.25) is 12.8 Å². The molecule has 0 saturated heterocycles. The number of hydrogen-bond acceptors (Lipinski definition) is 5. The van der Waals surface area contributed by atoms with Crippen molar-refractivity contribution in [3.8, 4) is 0 Å². The fourth-order valence-electron chi connectivity index (χ4n) is 0.338. The van der Waals surface area contributed by atoms with Crippen molar-refractivity contribution in [1.29, 1.82) is 0 Å². The standard InChI is InChI=1S/C5H11NO.C2H5NO.CH7N3.H2/c1-2-3-4-6-5-7;1-3-2-4;2-1(3)4;/h5H,2-4H2,1H3,(H,6,7);2H,1H3,(H,3,4);1H,2-4H2;1H. The van der Waals surface area contributed by atoms with Crippen LogP contribution in [0.25, 0.3) is 0 Å². The van der Waals surface area contributed by atoms with Gasteiger partial charge in [-0.3, -0.25) is 9.59 Å². The summed E-state index contributed by atoms with van der Waals surface area (Å²) in [6.45, 7) is 2.91. The Balaban J connectivity index is -0.0000000700. The Hall–Kier alpha value is -1.18. The molecule has 0 aliphatic carbocycles. The van der Waals surface area contributed by atoms with E-state index >= 15 is 0 Å². The number of unbranched alkanes of at least 4 members (excludes halogenated alkanes) is 1. The van der Waals surface area contributed by atoms with Crippen molar-refractivity contribution in [2.24, 2.45) is 17.2 Å². The smallest absolute Gasteiger partial charge is 0.207 e. The van der Waals surface area contributed by atoms with Crippen LogP contribution in [0.2, 0.25) is 0 Å². The lowest BCUT2D eigenvalue weighted by atomic mass is 10.3. The zero-order chi connectivity index (χ0) is 12.5. The van der Waals surface area contributed by atoms with Gasteiger partial charge in [0.25, 0.3) is 0 Å². The summed E-state index contributed by atoms with van der Waals surface area (Å²) in [4.78, 5) is 18.6. The largest absolute Gasteiger partial charge is 0.362 e. The first-order valence-electron chi connectivity index (χ1n) is 4.61. The van der Waals surface area contributed by atoms with Crippen LogP contribution in [-0.2, 0) is 9.59 Å². The van der Waals surface area contributed by atoms with E-state index in [1.165, 1.54) is 0 Å². The summed E-state index contributed by atoms with van der Waals surface area (Å²) in [5.41, 5.74) is 14.0. The second-order valence-electron chi connectivity index (χ2n) is 2.41. The van der Waals surface area contributed by atoms with Crippen LogP contribution in [0.5, 0.6) is 0 Å². The Labute approximate surface area is 92.2 Å². The fraction of sp³-hybridized carbons (Fsp3) is 0.750. The highest BCUT2D eigenvalue weighted by atomic mass is 16.1. The molecule has 0 unspecified atom stereocenters. The van der Waals surface area contributed by atoms with E-state index < -0.39 is 6.29 Å². The van der Waals surface area contributed by atoms with Gasteiger partial charge < -0.3 is 27.8 Å². The van der Waals surface area contributed by atoms with Crippen molar-refractivity contribution in [1.82, 2.24) is 10.6 Å². The minimum absolute atomic E-state index is 0. The summed E-state index contributed by atoms with van der Waals surface area (Å²) in [7, 11) is 1.56. The van der Waals surface area contributed by atoms with Crippen molar-refractivity contribution in [2.75, 3.05) is 13.6 Å². The SMILES string of the molecule is CCCCNC=O.CNC=O.NC(N)N.[HH]. The summed E-state index contributed by atoms with van der Waals surface area (Å²) in [6, 6.07) is 0. The van der Waals surface area contributed by atoms with Crippen LogP contribution in [-0.4, -0.2) is 32.7 Å². The second kappa shape index (κ2) is 23.0. The van der Waals surface area contributed by atoms with Crippen LogP contribution in [0.1, 0.15) is 21.2 Å². The molecule has 7 nitrogen and oxygen atoms in total. The number of hydrogen-bond donors (Lipinski definition) is 5. The van der Waals surface area contributed by atoms with Crippen LogP contribution in [0.15, 0.2) is 0 Å². The van der Waals surface area contributed by atoms with Gasteiger partial charge in [-0.2, -0.15) is 0 Å². The maximum Gasteiger partial charge on any atom is 0.207 e. The van der Waals surface area contributed by atoms with Crippen molar-refractivity contribution >= 4 is 12.8 Å². The molecule has 0 atom stereocenters. The van der Waals surface area contributed by atoms with Crippen molar-refractivity contribution in [3.63, 3.8) is 0 Å². The molecule has 2 amide bonds. The molecule has 0 aromatic heterocycles. The van der Waals surface area contributed by atoms with E-state index in [0.717, 1.165) is 25.8 Å². The third kappa shape index (κ3) is 103. The average molecular weight is 223 g/mol. The van der Waals surface area contributed by atoms with Crippen LogP contribution in [0, 0.1) is 0 Å². The molecule has 0 saturated carbocycles. The van der Waals surface area contributed by atoms with Crippen molar-refractivity contribution < 1.29 is 11.0 Å². The molecule has 0 bridgehead atoms. The Bertz CT molecular complexity index is 124. The molecule has 7 heteroatoms. The highest BCUT2D eigenvalue weighted by molar-refractivity contribution is 5.45. The summed E-state index contributed by atoms with van der Waals surface area (Å²) in [6.07, 6.45) is 2.91. The molecule has 0 rings (SSSR count). The predicted molar refractivity (Wildman–Crippen MR) is 62.6 cm³/mol. The molecule has 0 spiro atoms. The van der Waals surface area contributed by atoms with Gasteiger partial charge in [-0.1, -0.05) is 13.3 Å². The van der Waals surface area contributed by atoms with E-state index in [1.807, 2.05) is 0 Å². The Morgan fingerprint density at radius 1 is 1.27 bits per heavy atom. The molecule has 0 aliphatic rings. The van der Waals surface area contributed by atoms with E-state index in [9.17, 15) is 4.79 Å². The molecule has 0 aliphatic heterocycles. The Kier molecular flexibility index (Phi) is 29.8. The first-order chi connectivity index (χ1) is 7.06. The van der Waals surface area contributed by atoms with E-state index in [2.05, 4.69) is 34.8 Å². The van der Waals surface area contributed by atoms with Gasteiger partial charge in [-0.15, -0.1) is 0 Å². The lowest BCUT2D eigenvalue weighted by molar-refractivity contribution is -0.110. The van der Waals surface area contributed by atoms with Crippen LogP contribution < -0.4 is 27.8 Å². The summed E-state index contributed by atoms with van der Waals surface area (Å²) in [5, 5.41) is 4.82. The maximum atomic E-state index is 9.57. The van der Waals surface area contributed by atoms with Crippen molar-refractivity contribution in [3.05, 3.63) is 0 Å². The van der Waals surface area contributed by atoms with Gasteiger partial charge in [-0.05, 0) is 6.42 Å². The third-order valence-electron chi connectivity index (χ3n) is 0.876.